The molecule has 2 heterocycles. The van der Waals surface area contributed by atoms with Gasteiger partial charge in [-0.25, -0.2) is 4.31 Å². The first-order valence-electron chi connectivity index (χ1n) is 8.41. The number of carbonyl (C=O) groups is 1. The summed E-state index contributed by atoms with van der Waals surface area (Å²) in [5, 5.41) is 47.8. The summed E-state index contributed by atoms with van der Waals surface area (Å²) in [7, 11) is -11.5. The van der Waals surface area contributed by atoms with Crippen LogP contribution in [0.2, 0.25) is 0 Å². The molecule has 1 fully saturated rings. The predicted molar refractivity (Wildman–Crippen MR) is 92.0 cm³/mol. The van der Waals surface area contributed by atoms with Crippen molar-refractivity contribution in [3.63, 3.8) is 0 Å². The molecule has 15 nitrogen and oxygen atoms in total. The fraction of sp³-hybridized carbons (Fsp3) is 0.571. The van der Waals surface area contributed by atoms with Crippen molar-refractivity contribution < 1.29 is 126 Å². The van der Waals surface area contributed by atoms with E-state index >= 15 is 0 Å². The van der Waals surface area contributed by atoms with Crippen molar-refractivity contribution in [2.24, 2.45) is 0 Å². The second-order valence-electron chi connectivity index (χ2n) is 6.30. The molecule has 7 unspecified atom stereocenters. The predicted octanol–water partition coefficient (Wildman–Crippen LogP) is -8.80. The number of aldehydes is 1. The molecular formula is C14H19NNa2O14P2. The molecule has 0 saturated carbocycles. The number of aryl methyl sites for hydroxylation is 1. The first-order chi connectivity index (χ1) is 14.3. The maximum absolute atomic E-state index is 11.9. The van der Waals surface area contributed by atoms with Crippen LogP contribution in [0.5, 0.6) is 5.75 Å². The van der Waals surface area contributed by atoms with Gasteiger partial charge in [-0.15, -0.1) is 0 Å². The molecular weight excluding hydrogens is 514 g/mol. The molecule has 33 heavy (non-hydrogen) atoms. The maximum Gasteiger partial charge on any atom is 1.00 e. The van der Waals surface area contributed by atoms with E-state index in [4.69, 9.17) is 9.84 Å². The molecule has 0 amide bonds. The summed E-state index contributed by atoms with van der Waals surface area (Å²) in [5.41, 5.74) is -0.465. The molecule has 1 aromatic rings. The van der Waals surface area contributed by atoms with E-state index in [2.05, 4.69) is 18.3 Å². The molecule has 1 saturated heterocycles. The Morgan fingerprint density at radius 3 is 2.30 bits per heavy atom. The number of carbonyl (C=O) groups excluding carboxylic acids is 1. The number of hydrogen-bond acceptors (Lipinski definition) is 15. The van der Waals surface area contributed by atoms with Gasteiger partial charge in [0.25, 0.3) is 15.6 Å². The number of aliphatic hydroxyl groups is 4. The van der Waals surface area contributed by atoms with Crippen LogP contribution in [-0.2, 0) is 33.8 Å². The van der Waals surface area contributed by atoms with E-state index in [0.29, 0.717) is 0 Å². The van der Waals surface area contributed by atoms with Crippen molar-refractivity contribution in [2.75, 3.05) is 6.61 Å². The van der Waals surface area contributed by atoms with E-state index in [1.165, 1.54) is 6.92 Å². The number of aliphatic hydroxyl groups excluding tert-OH is 4. The first kappa shape index (κ1) is 33.7. The molecule has 0 bridgehead atoms. The molecule has 5 N–H and O–H groups in total. The molecule has 1 aliphatic rings. The quantitative estimate of drug-likeness (QED) is 0.112. The Bertz CT molecular complexity index is 905. The van der Waals surface area contributed by atoms with Crippen molar-refractivity contribution in [1.29, 1.82) is 0 Å². The maximum atomic E-state index is 11.9. The van der Waals surface area contributed by atoms with Crippen LogP contribution in [0.15, 0.2) is 6.20 Å². The van der Waals surface area contributed by atoms with Gasteiger partial charge in [0, 0.05) is 11.8 Å². The van der Waals surface area contributed by atoms with E-state index < -0.39 is 65.3 Å². The van der Waals surface area contributed by atoms with Crippen LogP contribution in [0.1, 0.15) is 21.6 Å². The van der Waals surface area contributed by atoms with Crippen LogP contribution >= 0.6 is 15.6 Å². The van der Waals surface area contributed by atoms with Crippen LogP contribution in [0.4, 0.5) is 0 Å². The molecule has 2 rings (SSSR count). The van der Waals surface area contributed by atoms with Crippen LogP contribution in [0.25, 0.3) is 0 Å². The second kappa shape index (κ2) is 13.8. The Balaban J connectivity index is 0.00000512. The van der Waals surface area contributed by atoms with Gasteiger partial charge in [0.1, 0.15) is 30.2 Å². The van der Waals surface area contributed by atoms with Crippen molar-refractivity contribution in [1.82, 2.24) is 4.98 Å². The molecule has 0 radical (unpaired) electrons. The Hall–Kier alpha value is 0.680. The van der Waals surface area contributed by atoms with Crippen molar-refractivity contribution in [2.45, 2.75) is 44.2 Å². The zero-order chi connectivity index (χ0) is 23.6. The molecule has 0 spiro atoms. The minimum absolute atomic E-state index is 0. The van der Waals surface area contributed by atoms with Gasteiger partial charge >= 0.3 is 59.1 Å². The summed E-state index contributed by atoms with van der Waals surface area (Å²) in [6, 6.07) is 0. The van der Waals surface area contributed by atoms with Gasteiger partial charge in [-0.2, -0.15) is 0 Å². The Morgan fingerprint density at radius 2 is 1.76 bits per heavy atom. The molecule has 0 aliphatic carbocycles. The zero-order valence-corrected chi connectivity index (χ0v) is 23.5. The van der Waals surface area contributed by atoms with Gasteiger partial charge in [0.15, 0.2) is 12.6 Å². The third-order valence-corrected chi connectivity index (χ3v) is 6.65. The van der Waals surface area contributed by atoms with Gasteiger partial charge in [-0.05, 0) is 6.92 Å². The van der Waals surface area contributed by atoms with Gasteiger partial charge < -0.3 is 44.6 Å². The minimum atomic E-state index is -5.81. The Kier molecular flexibility index (Phi) is 14.1. The average molecular weight is 533 g/mol. The van der Waals surface area contributed by atoms with Gasteiger partial charge in [-0.3, -0.25) is 23.4 Å². The van der Waals surface area contributed by atoms with E-state index in [1.807, 2.05) is 0 Å². The van der Waals surface area contributed by atoms with Gasteiger partial charge in [0.05, 0.1) is 24.5 Å². The van der Waals surface area contributed by atoms with Crippen LogP contribution in [-0.4, -0.2) is 74.1 Å². The molecule has 176 valence electrons. The second-order valence-corrected chi connectivity index (χ2v) is 9.21. The summed E-state index contributed by atoms with van der Waals surface area (Å²) in [4.78, 5) is 38.5. The summed E-state index contributed by atoms with van der Waals surface area (Å²) in [6.45, 7) is -0.455. The van der Waals surface area contributed by atoms with E-state index in [0.717, 1.165) is 6.20 Å². The van der Waals surface area contributed by atoms with Crippen molar-refractivity contribution in [3.05, 3.63) is 23.0 Å². The number of phosphoric acid groups is 2. The number of aromatic nitrogens is 1. The fourth-order valence-electron chi connectivity index (χ4n) is 2.49. The topological polar surface area (TPSA) is 248 Å². The Labute approximate surface area is 231 Å². The molecule has 1 aliphatic heterocycles. The largest absolute Gasteiger partial charge is 1.00 e. The first-order valence-corrected chi connectivity index (χ1v) is 11.3. The number of nitrogens with zero attached hydrogens (tertiary/aromatic N) is 1. The standard InChI is InChI=1S/C14H21NO14P2.2Na/c1-6-10(18)8(3-16)7(2-15-6)5-26-30(22,23)29-31(24,25)28-14-13(21)12(20)11(19)9(4-17)27-14;;/h2-3,9,11-14,17-21H,4-5H2,1H3,(H,22,23)(H,24,25);;/q;2*+1/p-2. The average Bonchev–Trinajstić information content (AvgIpc) is 2.68. The van der Waals surface area contributed by atoms with E-state index in [9.17, 15) is 44.1 Å². The normalized spacial score (nSPS) is 28.5. The molecule has 1 aromatic heterocycles. The number of hydrogen-bond donors (Lipinski definition) is 5. The minimum Gasteiger partial charge on any atom is -0.756 e. The third kappa shape index (κ3) is 8.93. The van der Waals surface area contributed by atoms with Crippen LogP contribution in [0, 0.1) is 6.92 Å². The summed E-state index contributed by atoms with van der Waals surface area (Å²) in [5.74, 6) is -0.529. The number of aromatic hydroxyl groups is 1. The smallest absolute Gasteiger partial charge is 0.756 e. The molecule has 7 atom stereocenters. The van der Waals surface area contributed by atoms with Crippen molar-refractivity contribution in [3.8, 4) is 5.75 Å². The van der Waals surface area contributed by atoms with Crippen LogP contribution < -0.4 is 68.9 Å². The van der Waals surface area contributed by atoms with Gasteiger partial charge in [0.2, 0.25) is 0 Å². The summed E-state index contributed by atoms with van der Waals surface area (Å²) < 4.78 is 41.0. The third-order valence-electron chi connectivity index (χ3n) is 4.14. The van der Waals surface area contributed by atoms with E-state index in [1.54, 1.807) is 0 Å². The monoisotopic (exact) mass is 533 g/mol. The van der Waals surface area contributed by atoms with E-state index in [-0.39, 0.29) is 82.2 Å². The number of pyridine rings is 1. The zero-order valence-electron chi connectivity index (χ0n) is 17.7. The van der Waals surface area contributed by atoms with Crippen molar-refractivity contribution >= 4 is 21.9 Å². The fourth-order valence-corrected chi connectivity index (χ4v) is 4.54. The van der Waals surface area contributed by atoms with Crippen LogP contribution in [0.3, 0.4) is 0 Å². The number of phosphoric ester groups is 2. The summed E-state index contributed by atoms with van der Waals surface area (Å²) >= 11 is 0. The number of rotatable bonds is 9. The van der Waals surface area contributed by atoms with Gasteiger partial charge in [-0.1, -0.05) is 0 Å². The molecule has 0 aromatic carbocycles. The number of ether oxygens (including phenoxy) is 1. The SMILES string of the molecule is Cc1ncc(COP(=O)([O-])OP(=O)([O-])OC2OC(CO)C(O)C(O)C2O)c(C=O)c1O.[Na+].[Na+]. The summed E-state index contributed by atoms with van der Waals surface area (Å²) in [6.07, 6.45) is -8.48. The molecule has 19 heteroatoms. The Morgan fingerprint density at radius 1 is 1.15 bits per heavy atom.